The van der Waals surface area contributed by atoms with Gasteiger partial charge in [-0.2, -0.15) is 0 Å². The number of hydrogen-bond acceptors (Lipinski definition) is 4. The zero-order valence-corrected chi connectivity index (χ0v) is 16.7. The van der Waals surface area contributed by atoms with Crippen molar-refractivity contribution >= 4 is 34.4 Å². The van der Waals surface area contributed by atoms with Gasteiger partial charge in [0.25, 0.3) is 5.78 Å². The third kappa shape index (κ3) is 3.09. The average molecular weight is 409 g/mol. The summed E-state index contributed by atoms with van der Waals surface area (Å²) in [6, 6.07) is 22.9. The summed E-state index contributed by atoms with van der Waals surface area (Å²) in [7, 11) is 0. The molecule has 0 radical (unpaired) electrons. The Morgan fingerprint density at radius 3 is 2.45 bits per heavy atom. The lowest BCUT2D eigenvalue weighted by Gasteiger charge is -2.23. The minimum absolute atomic E-state index is 0.0438. The first-order valence-corrected chi connectivity index (χ1v) is 9.92. The van der Waals surface area contributed by atoms with E-state index in [0.29, 0.717) is 11.1 Å². The van der Waals surface area contributed by atoms with E-state index >= 15 is 0 Å². The van der Waals surface area contributed by atoms with Gasteiger partial charge in [0.2, 0.25) is 5.95 Å². The first-order chi connectivity index (χ1) is 15.0. The van der Waals surface area contributed by atoms with Crippen molar-refractivity contribution in [2.24, 2.45) is 0 Å². The van der Waals surface area contributed by atoms with Gasteiger partial charge in [-0.15, -0.1) is 0 Å². The summed E-state index contributed by atoms with van der Waals surface area (Å²) >= 11 is 0. The predicted octanol–water partition coefficient (Wildman–Crippen LogP) is 4.50. The van der Waals surface area contributed by atoms with Crippen LogP contribution in [-0.4, -0.2) is 26.8 Å². The maximum atomic E-state index is 13.2. The molecule has 5 rings (SSSR count). The Hall–Kier alpha value is -4.19. The SMILES string of the molecule is Cc1cccc(C2/C(=C(\O)c3ccccc3)C(=O)C(=O)N2c2nc3ccccc3[nH]2)c1. The van der Waals surface area contributed by atoms with Crippen molar-refractivity contribution < 1.29 is 14.7 Å². The van der Waals surface area contributed by atoms with Crippen molar-refractivity contribution in [1.82, 2.24) is 9.97 Å². The van der Waals surface area contributed by atoms with Crippen molar-refractivity contribution in [3.05, 3.63) is 101 Å². The molecule has 1 aliphatic heterocycles. The Morgan fingerprint density at radius 1 is 0.968 bits per heavy atom. The van der Waals surface area contributed by atoms with Crippen LogP contribution in [0, 0.1) is 6.92 Å². The van der Waals surface area contributed by atoms with Gasteiger partial charge in [-0.25, -0.2) is 4.98 Å². The first kappa shape index (κ1) is 18.8. The number of benzene rings is 3. The van der Waals surface area contributed by atoms with Gasteiger partial charge in [0.15, 0.2) is 0 Å². The maximum Gasteiger partial charge on any atom is 0.302 e. The molecule has 1 amide bonds. The van der Waals surface area contributed by atoms with Crippen molar-refractivity contribution in [1.29, 1.82) is 0 Å². The van der Waals surface area contributed by atoms with Gasteiger partial charge >= 0.3 is 5.91 Å². The number of nitrogens with one attached hydrogen (secondary N) is 1. The van der Waals surface area contributed by atoms with Crippen molar-refractivity contribution in [3.63, 3.8) is 0 Å². The van der Waals surface area contributed by atoms with E-state index in [1.807, 2.05) is 61.5 Å². The van der Waals surface area contributed by atoms with E-state index in [4.69, 9.17) is 0 Å². The summed E-state index contributed by atoms with van der Waals surface area (Å²) < 4.78 is 0. The number of ketones is 1. The molecule has 6 heteroatoms. The Kier molecular flexibility index (Phi) is 4.40. The van der Waals surface area contributed by atoms with Gasteiger partial charge in [-0.05, 0) is 24.6 Å². The number of imidazole rings is 1. The summed E-state index contributed by atoms with van der Waals surface area (Å²) in [5.41, 5.74) is 3.66. The van der Waals surface area contributed by atoms with E-state index in [1.54, 1.807) is 24.3 Å². The molecule has 1 fully saturated rings. The highest BCUT2D eigenvalue weighted by atomic mass is 16.3. The third-order valence-corrected chi connectivity index (χ3v) is 5.45. The average Bonchev–Trinajstić information content (AvgIpc) is 3.32. The minimum Gasteiger partial charge on any atom is -0.507 e. The van der Waals surface area contributed by atoms with E-state index in [1.165, 1.54) is 4.90 Å². The number of hydrogen-bond donors (Lipinski definition) is 2. The van der Waals surface area contributed by atoms with Crippen LogP contribution in [0.1, 0.15) is 22.7 Å². The molecule has 0 spiro atoms. The zero-order valence-electron chi connectivity index (χ0n) is 16.7. The summed E-state index contributed by atoms with van der Waals surface area (Å²) in [6.07, 6.45) is 0. The van der Waals surface area contributed by atoms with Crippen LogP contribution in [0.25, 0.3) is 16.8 Å². The number of amides is 1. The molecule has 1 aromatic heterocycles. The molecule has 0 bridgehead atoms. The van der Waals surface area contributed by atoms with Crippen molar-refractivity contribution in [2.45, 2.75) is 13.0 Å². The van der Waals surface area contributed by atoms with Gasteiger partial charge in [0, 0.05) is 5.56 Å². The van der Waals surface area contributed by atoms with E-state index in [-0.39, 0.29) is 17.3 Å². The molecular formula is C25H19N3O3. The van der Waals surface area contributed by atoms with Crippen LogP contribution < -0.4 is 4.90 Å². The Labute approximate surface area is 178 Å². The maximum absolute atomic E-state index is 13.2. The smallest absolute Gasteiger partial charge is 0.302 e. The van der Waals surface area contributed by atoms with Gasteiger partial charge in [0.1, 0.15) is 5.76 Å². The van der Waals surface area contributed by atoms with Crippen LogP contribution >= 0.6 is 0 Å². The molecule has 2 heterocycles. The lowest BCUT2D eigenvalue weighted by Crippen LogP contribution is -2.30. The third-order valence-electron chi connectivity index (χ3n) is 5.45. The molecular weight excluding hydrogens is 390 g/mol. The second kappa shape index (κ2) is 7.25. The number of aliphatic hydroxyl groups excluding tert-OH is 1. The van der Waals surface area contributed by atoms with Crippen LogP contribution in [0.5, 0.6) is 0 Å². The number of fused-ring (bicyclic) bond motifs is 1. The summed E-state index contributed by atoms with van der Waals surface area (Å²) in [5, 5.41) is 11.1. The molecule has 1 saturated heterocycles. The number of anilines is 1. The number of carbonyl (C=O) groups is 2. The lowest BCUT2D eigenvalue weighted by molar-refractivity contribution is -0.132. The number of para-hydroxylation sites is 2. The number of aryl methyl sites for hydroxylation is 1. The molecule has 31 heavy (non-hydrogen) atoms. The number of aromatic amines is 1. The summed E-state index contributed by atoms with van der Waals surface area (Å²) in [6.45, 7) is 1.94. The largest absolute Gasteiger partial charge is 0.507 e. The van der Waals surface area contributed by atoms with Gasteiger partial charge in [0.05, 0.1) is 22.6 Å². The van der Waals surface area contributed by atoms with Gasteiger partial charge in [-0.3, -0.25) is 14.5 Å². The molecule has 2 N–H and O–H groups in total. The van der Waals surface area contributed by atoms with E-state index < -0.39 is 17.7 Å². The van der Waals surface area contributed by atoms with Gasteiger partial charge in [-0.1, -0.05) is 72.3 Å². The second-order valence-electron chi connectivity index (χ2n) is 7.53. The highest BCUT2D eigenvalue weighted by Gasteiger charge is 2.48. The molecule has 3 aromatic carbocycles. The number of H-pyrrole nitrogens is 1. The lowest BCUT2D eigenvalue weighted by atomic mass is 9.94. The molecule has 4 aromatic rings. The van der Waals surface area contributed by atoms with Crippen molar-refractivity contribution in [3.8, 4) is 0 Å². The minimum atomic E-state index is -0.805. The molecule has 1 unspecified atom stereocenters. The van der Waals surface area contributed by atoms with E-state index in [2.05, 4.69) is 9.97 Å². The zero-order chi connectivity index (χ0) is 21.5. The Balaban J connectivity index is 1.75. The normalized spacial score (nSPS) is 18.1. The number of rotatable bonds is 3. The monoisotopic (exact) mass is 409 g/mol. The predicted molar refractivity (Wildman–Crippen MR) is 118 cm³/mol. The number of Topliss-reactive ketones (excluding diaryl/α,β-unsaturated/α-hetero) is 1. The number of aromatic nitrogens is 2. The van der Waals surface area contributed by atoms with E-state index in [0.717, 1.165) is 16.6 Å². The van der Waals surface area contributed by atoms with Crippen LogP contribution in [0.2, 0.25) is 0 Å². The van der Waals surface area contributed by atoms with Gasteiger partial charge < -0.3 is 10.1 Å². The highest BCUT2D eigenvalue weighted by Crippen LogP contribution is 2.41. The van der Waals surface area contributed by atoms with Crippen LogP contribution in [0.15, 0.2) is 84.4 Å². The fourth-order valence-corrected chi connectivity index (χ4v) is 4.01. The standard InChI is InChI=1S/C25H19N3O3/c1-15-8-7-11-17(14-15)21-20(22(29)16-9-3-2-4-10-16)23(30)24(31)28(21)25-26-18-12-5-6-13-19(18)27-25/h2-14,21,29H,1H3,(H,26,27)/b22-20+. The molecule has 1 aliphatic rings. The number of carbonyl (C=O) groups excluding carboxylic acids is 2. The quantitative estimate of drug-likeness (QED) is 0.296. The van der Waals surface area contributed by atoms with Crippen LogP contribution in [0.3, 0.4) is 0 Å². The number of nitrogens with zero attached hydrogens (tertiary/aromatic N) is 2. The molecule has 152 valence electrons. The Morgan fingerprint density at radius 2 is 1.71 bits per heavy atom. The second-order valence-corrected chi connectivity index (χ2v) is 7.53. The fraction of sp³-hybridized carbons (Fsp3) is 0.0800. The molecule has 6 nitrogen and oxygen atoms in total. The number of aliphatic hydroxyl groups is 1. The molecule has 0 aliphatic carbocycles. The fourth-order valence-electron chi connectivity index (χ4n) is 4.01. The first-order valence-electron chi connectivity index (χ1n) is 9.92. The summed E-state index contributed by atoms with van der Waals surface area (Å²) in [4.78, 5) is 35.3. The Bertz CT molecular complexity index is 1320. The topological polar surface area (TPSA) is 86.3 Å². The molecule has 0 saturated carbocycles. The van der Waals surface area contributed by atoms with E-state index in [9.17, 15) is 14.7 Å². The highest BCUT2D eigenvalue weighted by molar-refractivity contribution is 6.51. The van der Waals surface area contributed by atoms with Crippen LogP contribution in [0.4, 0.5) is 5.95 Å². The van der Waals surface area contributed by atoms with Crippen molar-refractivity contribution in [2.75, 3.05) is 4.90 Å². The van der Waals surface area contributed by atoms with Crippen LogP contribution in [-0.2, 0) is 9.59 Å². The summed E-state index contributed by atoms with van der Waals surface area (Å²) in [5.74, 6) is -1.41. The molecule has 1 atom stereocenters.